The average Bonchev–Trinajstić information content (AvgIpc) is 2.57. The van der Waals surface area contributed by atoms with Crippen molar-refractivity contribution < 1.29 is 10.2 Å². The molecule has 0 aliphatic heterocycles. The van der Waals surface area contributed by atoms with Crippen molar-refractivity contribution in [1.82, 2.24) is 4.90 Å². The van der Waals surface area contributed by atoms with E-state index in [0.29, 0.717) is 24.6 Å². The second-order valence-electron chi connectivity index (χ2n) is 11.1. The lowest BCUT2D eigenvalue weighted by molar-refractivity contribution is 0.198. The molecule has 0 heterocycles. The van der Waals surface area contributed by atoms with E-state index in [0.717, 1.165) is 33.4 Å². The Bertz CT molecular complexity index is 827. The summed E-state index contributed by atoms with van der Waals surface area (Å²) in [6.07, 6.45) is 0. The maximum Gasteiger partial charge on any atom is 0.123 e. The Balaban J connectivity index is 2.45. The highest BCUT2D eigenvalue weighted by molar-refractivity contribution is 5.48. The lowest BCUT2D eigenvalue weighted by Gasteiger charge is -2.30. The highest BCUT2D eigenvalue weighted by Crippen LogP contribution is 2.37. The van der Waals surface area contributed by atoms with Crippen molar-refractivity contribution in [3.8, 4) is 11.5 Å². The van der Waals surface area contributed by atoms with Gasteiger partial charge in [0.05, 0.1) is 0 Å². The Morgan fingerprint density at radius 1 is 0.700 bits per heavy atom. The Morgan fingerprint density at radius 3 is 1.30 bits per heavy atom. The molecule has 0 aliphatic carbocycles. The number of phenols is 2. The normalized spacial score (nSPS) is 12.8. The average molecular weight is 412 g/mol. The van der Waals surface area contributed by atoms with Crippen LogP contribution >= 0.6 is 0 Å². The number of aryl methyl sites for hydroxylation is 2. The maximum absolute atomic E-state index is 11.0. The van der Waals surface area contributed by atoms with E-state index in [-0.39, 0.29) is 16.9 Å². The van der Waals surface area contributed by atoms with Crippen molar-refractivity contribution in [2.24, 2.45) is 0 Å². The first-order valence-electron chi connectivity index (χ1n) is 11.0. The second-order valence-corrected chi connectivity index (χ2v) is 11.1. The largest absolute Gasteiger partial charge is 0.507 e. The number of aromatic hydroxyl groups is 2. The third-order valence-electron chi connectivity index (χ3n) is 5.76. The Hall–Kier alpha value is -2.00. The van der Waals surface area contributed by atoms with Crippen LogP contribution in [0.3, 0.4) is 0 Å². The Morgan fingerprint density at radius 2 is 1.03 bits per heavy atom. The molecule has 0 spiro atoms. The number of hydrogen-bond acceptors (Lipinski definition) is 3. The lowest BCUT2D eigenvalue weighted by atomic mass is 9.83. The van der Waals surface area contributed by atoms with E-state index in [1.165, 1.54) is 0 Å². The van der Waals surface area contributed by atoms with Gasteiger partial charge in [-0.3, -0.25) is 4.90 Å². The van der Waals surface area contributed by atoms with Crippen LogP contribution in [-0.2, 0) is 23.9 Å². The molecule has 0 atom stereocenters. The molecule has 0 bridgehead atoms. The summed E-state index contributed by atoms with van der Waals surface area (Å²) in [4.78, 5) is 2.31. The van der Waals surface area contributed by atoms with E-state index in [9.17, 15) is 10.2 Å². The molecule has 0 fully saturated rings. The topological polar surface area (TPSA) is 43.7 Å². The van der Waals surface area contributed by atoms with Gasteiger partial charge in [0.1, 0.15) is 11.5 Å². The summed E-state index contributed by atoms with van der Waals surface area (Å²) in [6, 6.07) is 8.59. The molecule has 0 saturated heterocycles. The van der Waals surface area contributed by atoms with Gasteiger partial charge in [-0.1, -0.05) is 76.9 Å². The summed E-state index contributed by atoms with van der Waals surface area (Å²) in [5.41, 5.74) is 5.92. The smallest absolute Gasteiger partial charge is 0.123 e. The molecule has 0 aromatic heterocycles. The Labute approximate surface area is 183 Å². The van der Waals surface area contributed by atoms with Crippen LogP contribution in [0.4, 0.5) is 0 Å². The number of phenolic OH excluding ortho intramolecular Hbond substituents is 2. The minimum absolute atomic E-state index is 0.121. The van der Waals surface area contributed by atoms with Crippen LogP contribution in [0.1, 0.15) is 88.8 Å². The molecule has 0 aliphatic rings. The van der Waals surface area contributed by atoms with Crippen LogP contribution in [-0.4, -0.2) is 21.2 Å². The first-order valence-corrected chi connectivity index (χ1v) is 11.0. The zero-order valence-electron chi connectivity index (χ0n) is 20.6. The number of nitrogens with zero attached hydrogens (tertiary/aromatic N) is 1. The molecule has 0 saturated carbocycles. The fraction of sp³-hybridized carbons (Fsp3) is 0.556. The van der Waals surface area contributed by atoms with E-state index in [1.807, 2.05) is 0 Å². The van der Waals surface area contributed by atoms with Gasteiger partial charge < -0.3 is 10.2 Å². The SMILES string of the molecule is Cc1cc(CN(Cc2cc(C)cc(C(C)(C)C)c2O)C(C)C)c(O)c(C(C)(C)C)c1. The molecule has 2 rings (SSSR count). The van der Waals surface area contributed by atoms with Crippen LogP contribution in [0.15, 0.2) is 24.3 Å². The molecule has 0 radical (unpaired) electrons. The molecule has 2 aromatic carbocycles. The molecular formula is C27H41NO2. The summed E-state index contributed by atoms with van der Waals surface area (Å²) in [5, 5.41) is 22.0. The predicted octanol–water partition coefficient (Wildman–Crippen LogP) is 6.72. The van der Waals surface area contributed by atoms with Crippen molar-refractivity contribution in [3.05, 3.63) is 57.6 Å². The molecule has 166 valence electrons. The fourth-order valence-corrected chi connectivity index (χ4v) is 3.95. The zero-order valence-corrected chi connectivity index (χ0v) is 20.6. The molecule has 2 aromatic rings. The summed E-state index contributed by atoms with van der Waals surface area (Å²) in [6.45, 7) is 22.5. The van der Waals surface area contributed by atoms with Gasteiger partial charge in [-0.05, 0) is 49.7 Å². The molecule has 3 heteroatoms. The summed E-state index contributed by atoms with van der Waals surface area (Å²) < 4.78 is 0. The fourth-order valence-electron chi connectivity index (χ4n) is 3.95. The number of hydrogen-bond donors (Lipinski definition) is 2. The summed E-state index contributed by atoms with van der Waals surface area (Å²) >= 11 is 0. The van der Waals surface area contributed by atoms with Gasteiger partial charge in [-0.2, -0.15) is 0 Å². The van der Waals surface area contributed by atoms with E-state index in [4.69, 9.17) is 0 Å². The van der Waals surface area contributed by atoms with Crippen molar-refractivity contribution in [3.63, 3.8) is 0 Å². The highest BCUT2D eigenvalue weighted by atomic mass is 16.3. The lowest BCUT2D eigenvalue weighted by Crippen LogP contribution is -2.30. The maximum atomic E-state index is 11.0. The monoisotopic (exact) mass is 411 g/mol. The van der Waals surface area contributed by atoms with Crippen LogP contribution in [0.25, 0.3) is 0 Å². The molecule has 0 amide bonds. The van der Waals surface area contributed by atoms with Crippen molar-refractivity contribution >= 4 is 0 Å². The van der Waals surface area contributed by atoms with E-state index in [1.54, 1.807) is 0 Å². The van der Waals surface area contributed by atoms with Crippen molar-refractivity contribution in [2.45, 2.75) is 99.2 Å². The number of rotatable bonds is 5. The van der Waals surface area contributed by atoms with Gasteiger partial charge in [0, 0.05) is 30.3 Å². The van der Waals surface area contributed by atoms with Crippen LogP contribution < -0.4 is 0 Å². The quantitative estimate of drug-likeness (QED) is 0.574. The van der Waals surface area contributed by atoms with Gasteiger partial charge in [-0.15, -0.1) is 0 Å². The minimum atomic E-state index is -0.121. The highest BCUT2D eigenvalue weighted by Gasteiger charge is 2.25. The van der Waals surface area contributed by atoms with Gasteiger partial charge in [0.25, 0.3) is 0 Å². The standard InChI is InChI=1S/C27H41NO2/c1-17(2)28(15-20-11-18(3)13-22(24(20)29)26(5,6)7)16-21-12-19(4)14-23(25(21)30)27(8,9)10/h11-14,17,29-30H,15-16H2,1-10H3. The van der Waals surface area contributed by atoms with Crippen LogP contribution in [0, 0.1) is 13.8 Å². The molecule has 3 nitrogen and oxygen atoms in total. The van der Waals surface area contributed by atoms with E-state index in [2.05, 4.69) is 98.4 Å². The summed E-state index contributed by atoms with van der Waals surface area (Å²) in [5.74, 6) is 0.783. The van der Waals surface area contributed by atoms with Crippen LogP contribution in [0.2, 0.25) is 0 Å². The van der Waals surface area contributed by atoms with Gasteiger partial charge in [0.2, 0.25) is 0 Å². The molecular weight excluding hydrogens is 370 g/mol. The second kappa shape index (κ2) is 8.63. The molecule has 2 N–H and O–H groups in total. The molecule has 0 unspecified atom stereocenters. The van der Waals surface area contributed by atoms with Crippen molar-refractivity contribution in [1.29, 1.82) is 0 Å². The third kappa shape index (κ3) is 5.57. The van der Waals surface area contributed by atoms with Crippen molar-refractivity contribution in [2.75, 3.05) is 0 Å². The predicted molar refractivity (Wildman–Crippen MR) is 127 cm³/mol. The molecule has 30 heavy (non-hydrogen) atoms. The Kier molecular flexibility index (Phi) is 6.98. The minimum Gasteiger partial charge on any atom is -0.507 e. The van der Waals surface area contributed by atoms with Gasteiger partial charge in [0.15, 0.2) is 0 Å². The van der Waals surface area contributed by atoms with Gasteiger partial charge >= 0.3 is 0 Å². The van der Waals surface area contributed by atoms with Crippen LogP contribution in [0.5, 0.6) is 11.5 Å². The van der Waals surface area contributed by atoms with Gasteiger partial charge in [-0.25, -0.2) is 0 Å². The van der Waals surface area contributed by atoms with E-state index >= 15 is 0 Å². The summed E-state index contributed by atoms with van der Waals surface area (Å²) in [7, 11) is 0. The zero-order chi connectivity index (χ0) is 23.0. The van der Waals surface area contributed by atoms with E-state index < -0.39 is 0 Å². The third-order valence-corrected chi connectivity index (χ3v) is 5.76. The number of benzene rings is 2. The first-order chi connectivity index (χ1) is 13.6. The first kappa shape index (κ1) is 24.3.